The molecule has 1 aliphatic carbocycles. The molecule has 0 unspecified atom stereocenters. The lowest BCUT2D eigenvalue weighted by molar-refractivity contribution is 0.102. The lowest BCUT2D eigenvalue weighted by Gasteiger charge is -2.11. The summed E-state index contributed by atoms with van der Waals surface area (Å²) in [6.07, 6.45) is 7.88. The molecule has 0 aromatic carbocycles. The highest BCUT2D eigenvalue weighted by Gasteiger charge is 2.24. The van der Waals surface area contributed by atoms with Crippen LogP contribution in [0.3, 0.4) is 0 Å². The van der Waals surface area contributed by atoms with Crippen LogP contribution in [0.5, 0.6) is 5.88 Å². The number of nitrogens with zero attached hydrogens (tertiary/aromatic N) is 2. The molecule has 1 amide bonds. The molecule has 0 atom stereocenters. The molecular formula is C20H20N4O3. The number of pyridine rings is 2. The van der Waals surface area contributed by atoms with Crippen LogP contribution in [0.15, 0.2) is 42.9 Å². The fourth-order valence-corrected chi connectivity index (χ4v) is 3.37. The van der Waals surface area contributed by atoms with E-state index in [1.165, 1.54) is 0 Å². The zero-order chi connectivity index (χ0) is 18.6. The molecule has 0 radical (unpaired) electrons. The summed E-state index contributed by atoms with van der Waals surface area (Å²) >= 11 is 0. The molecule has 138 valence electrons. The Morgan fingerprint density at radius 2 is 2.07 bits per heavy atom. The van der Waals surface area contributed by atoms with E-state index in [4.69, 9.17) is 9.84 Å². The van der Waals surface area contributed by atoms with Gasteiger partial charge in [-0.1, -0.05) is 6.07 Å². The molecule has 0 bridgehead atoms. The molecule has 0 aliphatic heterocycles. The highest BCUT2D eigenvalue weighted by atomic mass is 16.5. The summed E-state index contributed by atoms with van der Waals surface area (Å²) < 4.78 is 5.40. The van der Waals surface area contributed by atoms with Gasteiger partial charge in [0.1, 0.15) is 12.3 Å². The Balaban J connectivity index is 1.67. The summed E-state index contributed by atoms with van der Waals surface area (Å²) in [4.78, 5) is 24.9. The summed E-state index contributed by atoms with van der Waals surface area (Å²) in [5.74, 6) is 0.0212. The van der Waals surface area contributed by atoms with Crippen molar-refractivity contribution in [3.63, 3.8) is 0 Å². The average molecular weight is 364 g/mol. The topological polar surface area (TPSA) is 100 Å². The summed E-state index contributed by atoms with van der Waals surface area (Å²) in [6, 6.07) is 7.43. The van der Waals surface area contributed by atoms with Crippen LogP contribution < -0.4 is 10.1 Å². The number of aromatic nitrogens is 3. The third-order valence-electron chi connectivity index (χ3n) is 4.56. The Morgan fingerprint density at radius 3 is 2.96 bits per heavy atom. The minimum atomic E-state index is -0.257. The number of carbonyl (C=O) groups is 1. The van der Waals surface area contributed by atoms with Gasteiger partial charge >= 0.3 is 0 Å². The summed E-state index contributed by atoms with van der Waals surface area (Å²) in [5, 5.41) is 11.8. The first kappa shape index (κ1) is 17.2. The Labute approximate surface area is 156 Å². The molecular weight excluding hydrogens is 344 g/mol. The maximum absolute atomic E-state index is 13.0. The zero-order valence-corrected chi connectivity index (χ0v) is 14.7. The minimum Gasteiger partial charge on any atom is -0.474 e. The van der Waals surface area contributed by atoms with E-state index in [0.29, 0.717) is 11.3 Å². The fourth-order valence-electron chi connectivity index (χ4n) is 3.37. The third-order valence-corrected chi connectivity index (χ3v) is 4.56. The van der Waals surface area contributed by atoms with Gasteiger partial charge in [0.05, 0.1) is 17.9 Å². The SMILES string of the molecule is O=C(Nc1cccnc1OCCO)c1c[nH]c2c1-c1ncccc1CCC2. The molecule has 3 aromatic rings. The molecule has 7 nitrogen and oxygen atoms in total. The number of anilines is 1. The Kier molecular flexibility index (Phi) is 4.84. The highest BCUT2D eigenvalue weighted by Crippen LogP contribution is 2.34. The smallest absolute Gasteiger partial charge is 0.258 e. The number of ether oxygens (including phenoxy) is 1. The number of nitrogens with one attached hydrogen (secondary N) is 2. The molecule has 27 heavy (non-hydrogen) atoms. The van der Waals surface area contributed by atoms with Crippen LogP contribution in [0.25, 0.3) is 11.3 Å². The lowest BCUT2D eigenvalue weighted by Crippen LogP contribution is -2.14. The van der Waals surface area contributed by atoms with Crippen molar-refractivity contribution < 1.29 is 14.6 Å². The number of H-pyrrole nitrogens is 1. The van der Waals surface area contributed by atoms with Gasteiger partial charge in [-0.05, 0) is 43.0 Å². The molecule has 4 rings (SSSR count). The predicted octanol–water partition coefficient (Wildman–Crippen LogP) is 2.58. The first-order valence-electron chi connectivity index (χ1n) is 8.92. The molecule has 0 spiro atoms. The van der Waals surface area contributed by atoms with E-state index < -0.39 is 0 Å². The average Bonchev–Trinajstić information content (AvgIpc) is 3.03. The zero-order valence-electron chi connectivity index (χ0n) is 14.7. The van der Waals surface area contributed by atoms with Crippen molar-refractivity contribution in [3.8, 4) is 17.1 Å². The Bertz CT molecular complexity index is 967. The quantitative estimate of drug-likeness (QED) is 0.646. The number of fused-ring (bicyclic) bond motifs is 3. The van der Waals surface area contributed by atoms with E-state index in [0.717, 1.165) is 41.8 Å². The van der Waals surface area contributed by atoms with E-state index in [1.54, 1.807) is 30.7 Å². The summed E-state index contributed by atoms with van der Waals surface area (Å²) in [6.45, 7) is -0.0194. The van der Waals surface area contributed by atoms with Crippen LogP contribution in [0.2, 0.25) is 0 Å². The predicted molar refractivity (Wildman–Crippen MR) is 101 cm³/mol. The van der Waals surface area contributed by atoms with Crippen LogP contribution >= 0.6 is 0 Å². The van der Waals surface area contributed by atoms with Gasteiger partial charge in [0.2, 0.25) is 5.88 Å². The largest absolute Gasteiger partial charge is 0.474 e. The standard InChI is InChI=1S/C20H20N4O3/c25-10-11-27-20-16(7-3-9-22-20)24-19(26)14-12-23-15-6-1-4-13-5-2-8-21-18(13)17(14)15/h2-3,5,7-9,12,23,25H,1,4,6,10-11H2,(H,24,26). The summed E-state index contributed by atoms with van der Waals surface area (Å²) in [5.41, 5.74) is 4.91. The van der Waals surface area contributed by atoms with Gasteiger partial charge in [-0.2, -0.15) is 0 Å². The van der Waals surface area contributed by atoms with Crippen LogP contribution in [-0.2, 0) is 12.8 Å². The molecule has 0 saturated carbocycles. The molecule has 3 aromatic heterocycles. The van der Waals surface area contributed by atoms with Crippen molar-refractivity contribution in [3.05, 3.63) is 59.7 Å². The van der Waals surface area contributed by atoms with Gasteiger partial charge in [-0.15, -0.1) is 0 Å². The Morgan fingerprint density at radius 1 is 1.22 bits per heavy atom. The number of hydrogen-bond acceptors (Lipinski definition) is 5. The van der Waals surface area contributed by atoms with Gasteiger partial charge in [0, 0.05) is 29.8 Å². The number of aryl methyl sites for hydroxylation is 2. The van der Waals surface area contributed by atoms with Gasteiger partial charge in [0.25, 0.3) is 5.91 Å². The van der Waals surface area contributed by atoms with Gasteiger partial charge < -0.3 is 20.1 Å². The fraction of sp³-hybridized carbons (Fsp3) is 0.250. The van der Waals surface area contributed by atoms with Crippen molar-refractivity contribution in [2.75, 3.05) is 18.5 Å². The molecule has 1 aliphatic rings. The number of aliphatic hydroxyl groups is 1. The molecule has 0 saturated heterocycles. The molecule has 0 fully saturated rings. The molecule has 7 heteroatoms. The maximum Gasteiger partial charge on any atom is 0.258 e. The van der Waals surface area contributed by atoms with E-state index in [1.807, 2.05) is 6.07 Å². The van der Waals surface area contributed by atoms with Crippen molar-refractivity contribution in [2.24, 2.45) is 0 Å². The first-order chi connectivity index (χ1) is 13.3. The van der Waals surface area contributed by atoms with Gasteiger partial charge in [-0.3, -0.25) is 9.78 Å². The van der Waals surface area contributed by atoms with E-state index in [-0.39, 0.29) is 25.0 Å². The van der Waals surface area contributed by atoms with Crippen LogP contribution in [0.1, 0.15) is 28.0 Å². The monoisotopic (exact) mass is 364 g/mol. The highest BCUT2D eigenvalue weighted by molar-refractivity contribution is 6.09. The Hall–Kier alpha value is -3.19. The van der Waals surface area contributed by atoms with Crippen molar-refractivity contribution in [1.29, 1.82) is 0 Å². The van der Waals surface area contributed by atoms with Crippen molar-refractivity contribution >= 4 is 11.6 Å². The second-order valence-corrected chi connectivity index (χ2v) is 6.30. The minimum absolute atomic E-state index is 0.108. The van der Waals surface area contributed by atoms with E-state index >= 15 is 0 Å². The van der Waals surface area contributed by atoms with Crippen molar-refractivity contribution in [1.82, 2.24) is 15.0 Å². The number of aliphatic hydroxyl groups excluding tert-OH is 1. The van der Waals surface area contributed by atoms with E-state index in [9.17, 15) is 4.79 Å². The maximum atomic E-state index is 13.0. The molecule has 3 N–H and O–H groups in total. The second-order valence-electron chi connectivity index (χ2n) is 6.30. The van der Waals surface area contributed by atoms with Crippen molar-refractivity contribution in [2.45, 2.75) is 19.3 Å². The number of aromatic amines is 1. The first-order valence-corrected chi connectivity index (χ1v) is 8.92. The second kappa shape index (κ2) is 7.59. The number of carbonyl (C=O) groups excluding carboxylic acids is 1. The number of hydrogen-bond donors (Lipinski definition) is 3. The van der Waals surface area contributed by atoms with Crippen LogP contribution in [-0.4, -0.2) is 39.2 Å². The molecule has 3 heterocycles. The van der Waals surface area contributed by atoms with Crippen LogP contribution in [0.4, 0.5) is 5.69 Å². The number of amides is 1. The van der Waals surface area contributed by atoms with Gasteiger partial charge in [0.15, 0.2) is 0 Å². The number of rotatable bonds is 5. The van der Waals surface area contributed by atoms with Crippen LogP contribution in [0, 0.1) is 0 Å². The van der Waals surface area contributed by atoms with Gasteiger partial charge in [-0.25, -0.2) is 4.98 Å². The summed E-state index contributed by atoms with van der Waals surface area (Å²) in [7, 11) is 0. The third kappa shape index (κ3) is 3.41. The normalized spacial score (nSPS) is 12.6. The van der Waals surface area contributed by atoms with E-state index in [2.05, 4.69) is 26.3 Å². The lowest BCUT2D eigenvalue weighted by atomic mass is 10.0.